The van der Waals surface area contributed by atoms with E-state index in [9.17, 15) is 0 Å². The number of methoxy groups -OCH3 is 1. The van der Waals surface area contributed by atoms with Crippen molar-refractivity contribution in [1.82, 2.24) is 5.32 Å². The first kappa shape index (κ1) is 16.3. The van der Waals surface area contributed by atoms with Crippen LogP contribution in [0.25, 0.3) is 0 Å². The second-order valence-electron chi connectivity index (χ2n) is 5.48. The third-order valence-electron chi connectivity index (χ3n) is 3.96. The molecule has 4 heteroatoms. The maximum atomic E-state index is 5.71. The Morgan fingerprint density at radius 1 is 1.19 bits per heavy atom. The highest BCUT2D eigenvalue weighted by Gasteiger charge is 2.19. The number of nitrogens with one attached hydrogen (secondary N) is 1. The molecule has 21 heavy (non-hydrogen) atoms. The van der Waals surface area contributed by atoms with Gasteiger partial charge in [-0.1, -0.05) is 12.1 Å². The molecule has 0 aromatic heterocycles. The smallest absolute Gasteiger partial charge is 0.0608 e. The largest absolute Gasteiger partial charge is 0.383 e. The summed E-state index contributed by atoms with van der Waals surface area (Å²) in [5.41, 5.74) is 2.64. The highest BCUT2D eigenvalue weighted by molar-refractivity contribution is 5.48. The van der Waals surface area contributed by atoms with Gasteiger partial charge in [-0.15, -0.1) is 0 Å². The lowest BCUT2D eigenvalue weighted by Gasteiger charge is -2.33. The van der Waals surface area contributed by atoms with Gasteiger partial charge in [-0.25, -0.2) is 0 Å². The third-order valence-corrected chi connectivity index (χ3v) is 3.96. The molecule has 1 heterocycles. The maximum Gasteiger partial charge on any atom is 0.0608 e. The van der Waals surface area contributed by atoms with Crippen LogP contribution in [0.4, 0.5) is 5.69 Å². The van der Waals surface area contributed by atoms with Crippen molar-refractivity contribution in [3.63, 3.8) is 0 Å². The molecule has 1 fully saturated rings. The van der Waals surface area contributed by atoms with Crippen molar-refractivity contribution >= 4 is 5.69 Å². The summed E-state index contributed by atoms with van der Waals surface area (Å²) in [6.45, 7) is 7.64. The molecule has 0 aliphatic carbocycles. The van der Waals surface area contributed by atoms with Crippen molar-refractivity contribution in [2.45, 2.75) is 32.4 Å². The molecule has 1 N–H and O–H groups in total. The van der Waals surface area contributed by atoms with E-state index < -0.39 is 0 Å². The Kier molecular flexibility index (Phi) is 7.00. The van der Waals surface area contributed by atoms with E-state index >= 15 is 0 Å². The molecule has 1 saturated heterocycles. The van der Waals surface area contributed by atoms with Crippen LogP contribution in [0.15, 0.2) is 24.3 Å². The topological polar surface area (TPSA) is 33.7 Å². The Bertz CT molecular complexity index is 386. The van der Waals surface area contributed by atoms with Gasteiger partial charge in [0, 0.05) is 45.6 Å². The van der Waals surface area contributed by atoms with Gasteiger partial charge in [0.1, 0.15) is 0 Å². The standard InChI is InChI=1S/C17H28N2O2/c1-3-21-17-8-11-19(12-9-17)16-6-4-15(5-7-16)14-18-10-13-20-2/h4-7,17-18H,3,8-14H2,1-2H3. The predicted molar refractivity (Wildman–Crippen MR) is 86.9 cm³/mol. The molecule has 1 aliphatic heterocycles. The fraction of sp³-hybridized carbons (Fsp3) is 0.647. The number of benzene rings is 1. The van der Waals surface area contributed by atoms with Crippen LogP contribution in [0.1, 0.15) is 25.3 Å². The van der Waals surface area contributed by atoms with Gasteiger partial charge in [0.15, 0.2) is 0 Å². The van der Waals surface area contributed by atoms with Crippen LogP contribution in [0.3, 0.4) is 0 Å². The average Bonchev–Trinajstić information content (AvgIpc) is 2.53. The van der Waals surface area contributed by atoms with Gasteiger partial charge in [0.2, 0.25) is 0 Å². The van der Waals surface area contributed by atoms with Crippen molar-refractivity contribution in [3.8, 4) is 0 Å². The van der Waals surface area contributed by atoms with E-state index in [2.05, 4.69) is 41.4 Å². The van der Waals surface area contributed by atoms with Crippen LogP contribution < -0.4 is 10.2 Å². The molecule has 1 aromatic rings. The Morgan fingerprint density at radius 2 is 1.90 bits per heavy atom. The zero-order valence-corrected chi connectivity index (χ0v) is 13.3. The minimum absolute atomic E-state index is 0.454. The second kappa shape index (κ2) is 9.03. The van der Waals surface area contributed by atoms with Crippen molar-refractivity contribution in [3.05, 3.63) is 29.8 Å². The third kappa shape index (κ3) is 5.30. The van der Waals surface area contributed by atoms with Gasteiger partial charge < -0.3 is 19.7 Å². The van der Waals surface area contributed by atoms with Crippen molar-refractivity contribution < 1.29 is 9.47 Å². The van der Waals surface area contributed by atoms with Crippen LogP contribution in [0, 0.1) is 0 Å². The molecule has 0 radical (unpaired) electrons. The summed E-state index contributed by atoms with van der Waals surface area (Å²) >= 11 is 0. The summed E-state index contributed by atoms with van der Waals surface area (Å²) in [4.78, 5) is 2.46. The van der Waals surface area contributed by atoms with E-state index in [1.165, 1.54) is 11.3 Å². The van der Waals surface area contributed by atoms with Crippen molar-refractivity contribution in [1.29, 1.82) is 0 Å². The van der Waals surface area contributed by atoms with Gasteiger partial charge in [-0.3, -0.25) is 0 Å². The lowest BCUT2D eigenvalue weighted by molar-refractivity contribution is 0.0459. The maximum absolute atomic E-state index is 5.71. The summed E-state index contributed by atoms with van der Waals surface area (Å²) in [5.74, 6) is 0. The Labute approximate surface area is 128 Å². The number of hydrogen-bond donors (Lipinski definition) is 1. The quantitative estimate of drug-likeness (QED) is 0.746. The number of hydrogen-bond acceptors (Lipinski definition) is 4. The molecule has 0 amide bonds. The molecular formula is C17H28N2O2. The predicted octanol–water partition coefficient (Wildman–Crippen LogP) is 2.43. The first-order valence-electron chi connectivity index (χ1n) is 7.98. The van der Waals surface area contributed by atoms with E-state index in [-0.39, 0.29) is 0 Å². The molecule has 1 aromatic carbocycles. The van der Waals surface area contributed by atoms with E-state index in [0.717, 1.165) is 52.2 Å². The molecule has 118 valence electrons. The van der Waals surface area contributed by atoms with Crippen molar-refractivity contribution in [2.75, 3.05) is 44.9 Å². The molecule has 0 saturated carbocycles. The van der Waals surface area contributed by atoms with Gasteiger partial charge in [0.05, 0.1) is 12.7 Å². The normalized spacial score (nSPS) is 16.4. The zero-order valence-electron chi connectivity index (χ0n) is 13.3. The number of ether oxygens (including phenoxy) is 2. The lowest BCUT2D eigenvalue weighted by Crippen LogP contribution is -2.37. The molecule has 0 spiro atoms. The van der Waals surface area contributed by atoms with Crippen LogP contribution in [-0.2, 0) is 16.0 Å². The lowest BCUT2D eigenvalue weighted by atomic mass is 10.1. The fourth-order valence-corrected chi connectivity index (χ4v) is 2.75. The van der Waals surface area contributed by atoms with Crippen molar-refractivity contribution in [2.24, 2.45) is 0 Å². The number of anilines is 1. The van der Waals surface area contributed by atoms with E-state index in [0.29, 0.717) is 6.10 Å². The van der Waals surface area contributed by atoms with Crippen LogP contribution in [0.2, 0.25) is 0 Å². The molecule has 1 aliphatic rings. The highest BCUT2D eigenvalue weighted by atomic mass is 16.5. The van der Waals surface area contributed by atoms with Gasteiger partial charge in [0.25, 0.3) is 0 Å². The van der Waals surface area contributed by atoms with Crippen LogP contribution >= 0.6 is 0 Å². The summed E-state index contributed by atoms with van der Waals surface area (Å²) in [6, 6.07) is 8.89. The Morgan fingerprint density at radius 3 is 2.52 bits per heavy atom. The number of rotatable bonds is 8. The van der Waals surface area contributed by atoms with E-state index in [4.69, 9.17) is 9.47 Å². The highest BCUT2D eigenvalue weighted by Crippen LogP contribution is 2.21. The van der Waals surface area contributed by atoms with Crippen LogP contribution in [0.5, 0.6) is 0 Å². The minimum Gasteiger partial charge on any atom is -0.383 e. The summed E-state index contributed by atoms with van der Waals surface area (Å²) < 4.78 is 10.7. The first-order chi connectivity index (χ1) is 10.3. The monoisotopic (exact) mass is 292 g/mol. The van der Waals surface area contributed by atoms with Gasteiger partial charge in [-0.2, -0.15) is 0 Å². The molecule has 2 rings (SSSR count). The number of nitrogens with zero attached hydrogens (tertiary/aromatic N) is 1. The minimum atomic E-state index is 0.454. The molecular weight excluding hydrogens is 264 g/mol. The molecule has 4 nitrogen and oxygen atoms in total. The molecule has 0 unspecified atom stereocenters. The van der Waals surface area contributed by atoms with E-state index in [1.54, 1.807) is 7.11 Å². The van der Waals surface area contributed by atoms with Crippen LogP contribution in [-0.4, -0.2) is 46.1 Å². The molecule has 0 atom stereocenters. The zero-order chi connectivity index (χ0) is 14.9. The summed E-state index contributed by atoms with van der Waals surface area (Å²) in [6.07, 6.45) is 2.72. The SMILES string of the molecule is CCOC1CCN(c2ccc(CNCCOC)cc2)CC1. The first-order valence-corrected chi connectivity index (χ1v) is 7.98. The second-order valence-corrected chi connectivity index (χ2v) is 5.48. The average molecular weight is 292 g/mol. The fourth-order valence-electron chi connectivity index (χ4n) is 2.75. The Hall–Kier alpha value is -1.10. The van der Waals surface area contributed by atoms with Gasteiger partial charge in [-0.05, 0) is 37.5 Å². The molecule has 0 bridgehead atoms. The van der Waals surface area contributed by atoms with Gasteiger partial charge >= 0.3 is 0 Å². The summed E-state index contributed by atoms with van der Waals surface area (Å²) in [7, 11) is 1.73. The number of piperidine rings is 1. The summed E-state index contributed by atoms with van der Waals surface area (Å²) in [5, 5.41) is 3.37. The Balaban J connectivity index is 1.77. The van der Waals surface area contributed by atoms with E-state index in [1.807, 2.05) is 0 Å².